The molecular weight excluding hydrogens is 254 g/mol. The number of hydrogen-bond donors (Lipinski definition) is 1. The van der Waals surface area contributed by atoms with Gasteiger partial charge in [0.1, 0.15) is 5.75 Å². The van der Waals surface area contributed by atoms with Gasteiger partial charge in [0.25, 0.3) is 0 Å². The Morgan fingerprint density at radius 2 is 1.60 bits per heavy atom. The van der Waals surface area contributed by atoms with Crippen LogP contribution < -0.4 is 19.5 Å². The van der Waals surface area contributed by atoms with Crippen LogP contribution in [0.25, 0.3) is 6.08 Å². The van der Waals surface area contributed by atoms with Gasteiger partial charge in [-0.15, -0.1) is 0 Å². The van der Waals surface area contributed by atoms with Crippen LogP contribution in [0.4, 0.5) is 0 Å². The monoisotopic (exact) mass is 279 g/mol. The Kier molecular flexibility index (Phi) is 6.94. The highest BCUT2D eigenvalue weighted by Crippen LogP contribution is 2.35. The van der Waals surface area contributed by atoms with Crippen LogP contribution >= 0.6 is 0 Å². The lowest BCUT2D eigenvalue weighted by Crippen LogP contribution is -2.19. The Balaban J connectivity index is 2.80. The van der Waals surface area contributed by atoms with E-state index in [0.717, 1.165) is 24.4 Å². The second-order valence-electron chi connectivity index (χ2n) is 4.90. The van der Waals surface area contributed by atoms with E-state index in [1.165, 1.54) is 0 Å². The van der Waals surface area contributed by atoms with Crippen molar-refractivity contribution in [1.82, 2.24) is 5.32 Å². The minimum Gasteiger partial charge on any atom is -0.496 e. The minimum atomic E-state index is 0.652. The van der Waals surface area contributed by atoms with Crippen LogP contribution in [0, 0.1) is 5.92 Å². The summed E-state index contributed by atoms with van der Waals surface area (Å²) in [6.07, 6.45) is 4.10. The summed E-state index contributed by atoms with van der Waals surface area (Å²) in [5, 5.41) is 3.36. The highest BCUT2D eigenvalue weighted by atomic mass is 16.5. The van der Waals surface area contributed by atoms with Gasteiger partial charge in [0.15, 0.2) is 11.5 Å². The molecule has 0 unspecified atom stereocenters. The molecule has 0 aliphatic carbocycles. The van der Waals surface area contributed by atoms with Crippen LogP contribution in [0.1, 0.15) is 19.4 Å². The number of nitrogens with one attached hydrogen (secondary N) is 1. The molecule has 0 saturated heterocycles. The lowest BCUT2D eigenvalue weighted by atomic mass is 10.1. The van der Waals surface area contributed by atoms with E-state index in [4.69, 9.17) is 14.2 Å². The molecule has 0 bridgehead atoms. The molecule has 1 aromatic carbocycles. The number of hydrogen-bond acceptors (Lipinski definition) is 4. The van der Waals surface area contributed by atoms with E-state index in [-0.39, 0.29) is 0 Å². The molecule has 1 rings (SSSR count). The fraction of sp³-hybridized carbons (Fsp3) is 0.500. The molecule has 0 spiro atoms. The molecule has 0 aromatic heterocycles. The predicted octanol–water partition coefficient (Wildman–Crippen LogP) is 2.97. The first-order valence-corrected chi connectivity index (χ1v) is 6.79. The molecular formula is C16H25NO3. The fourth-order valence-electron chi connectivity index (χ4n) is 1.82. The van der Waals surface area contributed by atoms with Crippen LogP contribution in [0.3, 0.4) is 0 Å². The lowest BCUT2D eigenvalue weighted by molar-refractivity contribution is 0.348. The quantitative estimate of drug-likeness (QED) is 0.743. The maximum Gasteiger partial charge on any atom is 0.164 e. The fourth-order valence-corrected chi connectivity index (χ4v) is 1.82. The second-order valence-corrected chi connectivity index (χ2v) is 4.90. The topological polar surface area (TPSA) is 39.7 Å². The van der Waals surface area contributed by atoms with Crippen LogP contribution in [0.2, 0.25) is 0 Å². The normalized spacial score (nSPS) is 11.1. The van der Waals surface area contributed by atoms with Gasteiger partial charge < -0.3 is 19.5 Å². The summed E-state index contributed by atoms with van der Waals surface area (Å²) >= 11 is 0. The van der Waals surface area contributed by atoms with Gasteiger partial charge in [0.2, 0.25) is 0 Å². The van der Waals surface area contributed by atoms with Crippen LogP contribution in [-0.4, -0.2) is 34.4 Å². The first-order valence-electron chi connectivity index (χ1n) is 6.79. The van der Waals surface area contributed by atoms with Crippen molar-refractivity contribution in [2.45, 2.75) is 13.8 Å². The van der Waals surface area contributed by atoms with Gasteiger partial charge in [0, 0.05) is 18.2 Å². The summed E-state index contributed by atoms with van der Waals surface area (Å²) in [5.74, 6) is 2.78. The van der Waals surface area contributed by atoms with E-state index in [2.05, 4.69) is 25.2 Å². The van der Waals surface area contributed by atoms with Gasteiger partial charge in [-0.2, -0.15) is 0 Å². The third-order valence-corrected chi connectivity index (χ3v) is 2.85. The summed E-state index contributed by atoms with van der Waals surface area (Å²) < 4.78 is 15.9. The first-order chi connectivity index (χ1) is 9.62. The second kappa shape index (κ2) is 8.48. The lowest BCUT2D eigenvalue weighted by Gasteiger charge is -2.12. The van der Waals surface area contributed by atoms with E-state index in [1.54, 1.807) is 21.3 Å². The first kappa shape index (κ1) is 16.4. The van der Waals surface area contributed by atoms with E-state index in [1.807, 2.05) is 18.2 Å². The smallest absolute Gasteiger partial charge is 0.164 e. The average molecular weight is 279 g/mol. The maximum atomic E-state index is 5.38. The summed E-state index contributed by atoms with van der Waals surface area (Å²) in [7, 11) is 4.89. The SMILES string of the molecule is COc1cc(OC)c(OC)cc1C=CCNCC(C)C. The molecule has 1 aromatic rings. The summed E-state index contributed by atoms with van der Waals surface area (Å²) in [5.41, 5.74) is 0.969. The Labute approximate surface area is 121 Å². The Morgan fingerprint density at radius 1 is 1.00 bits per heavy atom. The summed E-state index contributed by atoms with van der Waals surface area (Å²) in [4.78, 5) is 0. The van der Waals surface area contributed by atoms with Crippen molar-refractivity contribution in [3.63, 3.8) is 0 Å². The molecule has 4 heteroatoms. The van der Waals surface area contributed by atoms with Crippen LogP contribution in [-0.2, 0) is 0 Å². The number of ether oxygens (including phenoxy) is 3. The minimum absolute atomic E-state index is 0.652. The third-order valence-electron chi connectivity index (χ3n) is 2.85. The molecule has 0 amide bonds. The van der Waals surface area contributed by atoms with Crippen molar-refractivity contribution >= 4 is 6.08 Å². The summed E-state index contributed by atoms with van der Waals surface area (Å²) in [6, 6.07) is 3.75. The number of rotatable bonds is 8. The highest BCUT2D eigenvalue weighted by molar-refractivity contribution is 5.63. The van der Waals surface area contributed by atoms with Crippen molar-refractivity contribution in [2.24, 2.45) is 5.92 Å². The van der Waals surface area contributed by atoms with E-state index >= 15 is 0 Å². The summed E-state index contributed by atoms with van der Waals surface area (Å²) in [6.45, 7) is 6.21. The molecule has 0 radical (unpaired) electrons. The van der Waals surface area contributed by atoms with Gasteiger partial charge in [-0.1, -0.05) is 26.0 Å². The largest absolute Gasteiger partial charge is 0.496 e. The molecule has 0 aliphatic heterocycles. The van der Waals surface area contributed by atoms with Crippen LogP contribution in [0.5, 0.6) is 17.2 Å². The van der Waals surface area contributed by atoms with Gasteiger partial charge >= 0.3 is 0 Å². The molecule has 0 heterocycles. The standard InChI is InChI=1S/C16H25NO3/c1-12(2)11-17-8-6-7-13-9-15(19-4)16(20-5)10-14(13)18-3/h6-7,9-10,12,17H,8,11H2,1-5H3. The highest BCUT2D eigenvalue weighted by Gasteiger charge is 2.09. The Hall–Kier alpha value is -1.68. The van der Waals surface area contributed by atoms with Crippen molar-refractivity contribution in [3.05, 3.63) is 23.8 Å². The molecule has 0 atom stereocenters. The molecule has 0 aliphatic rings. The Bertz CT molecular complexity index is 442. The molecule has 0 fully saturated rings. The van der Waals surface area contributed by atoms with Crippen molar-refractivity contribution in [1.29, 1.82) is 0 Å². The van der Waals surface area contributed by atoms with Gasteiger partial charge in [-0.3, -0.25) is 0 Å². The van der Waals surface area contributed by atoms with Gasteiger partial charge in [-0.25, -0.2) is 0 Å². The third kappa shape index (κ3) is 4.78. The zero-order valence-electron chi connectivity index (χ0n) is 13.0. The Morgan fingerprint density at radius 3 is 2.15 bits per heavy atom. The average Bonchev–Trinajstić information content (AvgIpc) is 2.45. The van der Waals surface area contributed by atoms with E-state index in [0.29, 0.717) is 17.4 Å². The van der Waals surface area contributed by atoms with Crippen LogP contribution in [0.15, 0.2) is 18.2 Å². The zero-order valence-corrected chi connectivity index (χ0v) is 13.0. The predicted molar refractivity (Wildman–Crippen MR) is 82.8 cm³/mol. The van der Waals surface area contributed by atoms with E-state index < -0.39 is 0 Å². The molecule has 20 heavy (non-hydrogen) atoms. The zero-order chi connectivity index (χ0) is 15.0. The van der Waals surface area contributed by atoms with Crippen molar-refractivity contribution < 1.29 is 14.2 Å². The number of benzene rings is 1. The van der Waals surface area contributed by atoms with Crippen molar-refractivity contribution in [3.8, 4) is 17.2 Å². The maximum absolute atomic E-state index is 5.38. The van der Waals surface area contributed by atoms with E-state index in [9.17, 15) is 0 Å². The molecule has 0 saturated carbocycles. The van der Waals surface area contributed by atoms with Gasteiger partial charge in [-0.05, 0) is 18.5 Å². The number of methoxy groups -OCH3 is 3. The molecule has 4 nitrogen and oxygen atoms in total. The molecule has 1 N–H and O–H groups in total. The molecule has 112 valence electrons. The van der Waals surface area contributed by atoms with Gasteiger partial charge in [0.05, 0.1) is 21.3 Å². The van der Waals surface area contributed by atoms with Crippen molar-refractivity contribution in [2.75, 3.05) is 34.4 Å².